The number of nitrogens with zero attached hydrogens (tertiary/aromatic N) is 2. The Morgan fingerprint density at radius 2 is 2.10 bits per heavy atom. The maximum atomic E-state index is 5.47. The molecule has 0 bridgehead atoms. The van der Waals surface area contributed by atoms with Gasteiger partial charge in [-0.15, -0.1) is 22.7 Å². The summed E-state index contributed by atoms with van der Waals surface area (Å²) in [7, 11) is 0. The molecule has 0 spiro atoms. The molecule has 0 aliphatic rings. The number of aromatic amines is 1. The van der Waals surface area contributed by atoms with Gasteiger partial charge in [0, 0.05) is 4.88 Å². The van der Waals surface area contributed by atoms with E-state index in [-0.39, 0.29) is 6.04 Å². The third-order valence-electron chi connectivity index (χ3n) is 3.19. The molecule has 0 aromatic carbocycles. The Morgan fingerprint density at radius 1 is 1.30 bits per heavy atom. The van der Waals surface area contributed by atoms with Gasteiger partial charge in [0.15, 0.2) is 10.6 Å². The summed E-state index contributed by atoms with van der Waals surface area (Å²) >= 11 is 8.93. The molecule has 1 unspecified atom stereocenters. The van der Waals surface area contributed by atoms with Crippen molar-refractivity contribution >= 4 is 34.9 Å². The average Bonchev–Trinajstić information content (AvgIpc) is 3.18. The second-order valence-electron chi connectivity index (χ2n) is 4.52. The van der Waals surface area contributed by atoms with E-state index in [0.29, 0.717) is 4.77 Å². The molecule has 0 fully saturated rings. The first-order valence-corrected chi connectivity index (χ1v) is 8.72. The van der Waals surface area contributed by atoms with Crippen LogP contribution in [0.25, 0.3) is 10.7 Å². The van der Waals surface area contributed by atoms with Gasteiger partial charge in [-0.1, -0.05) is 25.5 Å². The molecule has 20 heavy (non-hydrogen) atoms. The number of nitrogens with one attached hydrogen (secondary N) is 1. The molecule has 0 saturated carbocycles. The van der Waals surface area contributed by atoms with Crippen LogP contribution in [-0.4, -0.2) is 14.8 Å². The zero-order valence-corrected chi connectivity index (χ0v) is 13.5. The molecule has 6 heteroatoms. The van der Waals surface area contributed by atoms with Crippen LogP contribution in [0.5, 0.6) is 0 Å². The van der Waals surface area contributed by atoms with E-state index >= 15 is 0 Å². The molecular formula is C14H15N3S3. The number of aromatic nitrogens is 3. The van der Waals surface area contributed by atoms with Crippen molar-refractivity contribution in [1.82, 2.24) is 14.8 Å². The molecule has 0 aliphatic carbocycles. The molecule has 3 aromatic rings. The van der Waals surface area contributed by atoms with Crippen molar-refractivity contribution in [1.29, 1.82) is 0 Å². The molecule has 0 aliphatic heterocycles. The highest BCUT2D eigenvalue weighted by Gasteiger charge is 2.20. The Labute approximate surface area is 130 Å². The van der Waals surface area contributed by atoms with Gasteiger partial charge >= 0.3 is 0 Å². The monoisotopic (exact) mass is 321 g/mol. The molecule has 3 heterocycles. The molecule has 104 valence electrons. The van der Waals surface area contributed by atoms with Crippen LogP contribution in [0.1, 0.15) is 30.7 Å². The van der Waals surface area contributed by atoms with Crippen LogP contribution in [0.3, 0.4) is 0 Å². The normalized spacial score (nSPS) is 12.7. The van der Waals surface area contributed by atoms with Crippen LogP contribution in [-0.2, 0) is 0 Å². The lowest BCUT2D eigenvalue weighted by Crippen LogP contribution is -2.10. The fourth-order valence-electron chi connectivity index (χ4n) is 2.33. The number of hydrogen-bond donors (Lipinski definition) is 1. The van der Waals surface area contributed by atoms with Crippen LogP contribution >= 0.6 is 34.9 Å². The van der Waals surface area contributed by atoms with Crippen molar-refractivity contribution in [2.24, 2.45) is 0 Å². The standard InChI is InChI=1S/C14H15N3S3/c1-2-5-10(11-6-3-8-19-11)17-13(15-16-14(17)18)12-7-4-9-20-12/h3-4,6-10H,2,5H2,1H3,(H,16,18). The summed E-state index contributed by atoms with van der Waals surface area (Å²) in [4.78, 5) is 2.48. The number of H-pyrrole nitrogens is 1. The smallest absolute Gasteiger partial charge is 0.196 e. The molecule has 3 nitrogen and oxygen atoms in total. The van der Waals surface area contributed by atoms with Gasteiger partial charge in [-0.3, -0.25) is 9.67 Å². The lowest BCUT2D eigenvalue weighted by Gasteiger charge is -2.18. The zero-order chi connectivity index (χ0) is 13.9. The summed E-state index contributed by atoms with van der Waals surface area (Å²) in [5, 5.41) is 11.6. The minimum absolute atomic E-state index is 0.267. The zero-order valence-electron chi connectivity index (χ0n) is 11.1. The van der Waals surface area contributed by atoms with Crippen molar-refractivity contribution in [2.45, 2.75) is 25.8 Å². The van der Waals surface area contributed by atoms with Crippen molar-refractivity contribution in [3.63, 3.8) is 0 Å². The number of hydrogen-bond acceptors (Lipinski definition) is 4. The molecule has 3 aromatic heterocycles. The van der Waals surface area contributed by atoms with Gasteiger partial charge in [-0.25, -0.2) is 0 Å². The lowest BCUT2D eigenvalue weighted by molar-refractivity contribution is 0.539. The van der Waals surface area contributed by atoms with E-state index in [2.05, 4.69) is 50.6 Å². The Kier molecular flexibility index (Phi) is 4.14. The maximum Gasteiger partial charge on any atom is 0.196 e. The van der Waals surface area contributed by atoms with E-state index in [0.717, 1.165) is 23.5 Å². The predicted octanol–water partition coefficient (Wildman–Crippen LogP) is 5.12. The first-order chi connectivity index (χ1) is 9.81. The van der Waals surface area contributed by atoms with E-state index in [1.807, 2.05) is 6.07 Å². The number of thiophene rings is 2. The van der Waals surface area contributed by atoms with Gasteiger partial charge in [0.25, 0.3) is 0 Å². The summed E-state index contributed by atoms with van der Waals surface area (Å²) < 4.78 is 2.86. The van der Waals surface area contributed by atoms with Gasteiger partial charge in [0.05, 0.1) is 10.9 Å². The molecule has 0 amide bonds. The maximum absolute atomic E-state index is 5.47. The van der Waals surface area contributed by atoms with Crippen LogP contribution in [0, 0.1) is 4.77 Å². The first-order valence-electron chi connectivity index (χ1n) is 6.55. The quantitative estimate of drug-likeness (QED) is 0.662. The van der Waals surface area contributed by atoms with Gasteiger partial charge < -0.3 is 0 Å². The molecule has 3 rings (SSSR count). The largest absolute Gasteiger partial charge is 0.291 e. The molecule has 1 atom stereocenters. The van der Waals surface area contributed by atoms with Crippen LogP contribution in [0.4, 0.5) is 0 Å². The topological polar surface area (TPSA) is 33.6 Å². The Bertz CT molecular complexity index is 707. The Balaban J connectivity index is 2.12. The second kappa shape index (κ2) is 6.03. The molecular weight excluding hydrogens is 306 g/mol. The minimum Gasteiger partial charge on any atom is -0.291 e. The highest BCUT2D eigenvalue weighted by Crippen LogP contribution is 2.33. The summed E-state index contributed by atoms with van der Waals surface area (Å²) in [6.45, 7) is 2.20. The van der Waals surface area contributed by atoms with Crippen LogP contribution < -0.4 is 0 Å². The van der Waals surface area contributed by atoms with E-state index in [1.54, 1.807) is 22.7 Å². The highest BCUT2D eigenvalue weighted by atomic mass is 32.1. The van der Waals surface area contributed by atoms with Crippen molar-refractivity contribution in [2.75, 3.05) is 0 Å². The first kappa shape index (κ1) is 13.7. The van der Waals surface area contributed by atoms with E-state index in [4.69, 9.17) is 12.2 Å². The SMILES string of the molecule is CCCC(c1cccs1)n1c(-c2cccs2)n[nH]c1=S. The fourth-order valence-corrected chi connectivity index (χ4v) is 4.15. The van der Waals surface area contributed by atoms with Gasteiger partial charge in [-0.2, -0.15) is 5.10 Å². The third-order valence-corrected chi connectivity index (χ3v) is 5.32. The van der Waals surface area contributed by atoms with Crippen molar-refractivity contribution in [3.8, 4) is 10.7 Å². The highest BCUT2D eigenvalue weighted by molar-refractivity contribution is 7.71. The molecule has 0 radical (unpaired) electrons. The summed E-state index contributed by atoms with van der Waals surface area (Å²) in [5.41, 5.74) is 0. The minimum atomic E-state index is 0.267. The average molecular weight is 321 g/mol. The van der Waals surface area contributed by atoms with Crippen LogP contribution in [0.2, 0.25) is 0 Å². The van der Waals surface area contributed by atoms with Crippen molar-refractivity contribution in [3.05, 3.63) is 44.7 Å². The van der Waals surface area contributed by atoms with Crippen molar-refractivity contribution < 1.29 is 0 Å². The second-order valence-corrected chi connectivity index (χ2v) is 6.83. The molecule has 0 saturated heterocycles. The summed E-state index contributed by atoms with van der Waals surface area (Å²) in [5.74, 6) is 0.942. The summed E-state index contributed by atoms with van der Waals surface area (Å²) in [6, 6.07) is 8.67. The fraction of sp³-hybridized carbons (Fsp3) is 0.286. The predicted molar refractivity (Wildman–Crippen MR) is 88.1 cm³/mol. The van der Waals surface area contributed by atoms with Gasteiger partial charge in [0.1, 0.15) is 0 Å². The van der Waals surface area contributed by atoms with Crippen LogP contribution in [0.15, 0.2) is 35.0 Å². The summed E-state index contributed by atoms with van der Waals surface area (Å²) in [6.07, 6.45) is 2.17. The number of rotatable bonds is 5. The molecule has 1 N–H and O–H groups in total. The Morgan fingerprint density at radius 3 is 2.75 bits per heavy atom. The van der Waals surface area contributed by atoms with E-state index in [1.165, 1.54) is 4.88 Å². The lowest BCUT2D eigenvalue weighted by atomic mass is 10.1. The van der Waals surface area contributed by atoms with Gasteiger partial charge in [-0.05, 0) is 41.5 Å². The Hall–Kier alpha value is -1.24. The van der Waals surface area contributed by atoms with E-state index < -0.39 is 0 Å². The third kappa shape index (κ3) is 2.51. The van der Waals surface area contributed by atoms with Gasteiger partial charge in [0.2, 0.25) is 0 Å². The van der Waals surface area contributed by atoms with E-state index in [9.17, 15) is 0 Å².